The molecule has 0 fully saturated rings. The zero-order valence-corrected chi connectivity index (χ0v) is 14.6. The lowest BCUT2D eigenvalue weighted by Crippen LogP contribution is -2.27. The molecular formula is C17H19N3O6. The highest BCUT2D eigenvalue weighted by molar-refractivity contribution is 5.92. The van der Waals surface area contributed by atoms with Crippen LogP contribution in [0.2, 0.25) is 0 Å². The molecule has 2 aromatic rings. The number of ether oxygens (including phenoxy) is 3. The highest BCUT2D eigenvalue weighted by Gasteiger charge is 2.15. The van der Waals surface area contributed by atoms with Gasteiger partial charge in [0.25, 0.3) is 5.91 Å². The summed E-state index contributed by atoms with van der Waals surface area (Å²) < 4.78 is 15.9. The van der Waals surface area contributed by atoms with Gasteiger partial charge in [-0.05, 0) is 6.42 Å². The van der Waals surface area contributed by atoms with E-state index >= 15 is 0 Å². The molecule has 26 heavy (non-hydrogen) atoms. The summed E-state index contributed by atoms with van der Waals surface area (Å²) in [5, 5.41) is 11.5. The van der Waals surface area contributed by atoms with Gasteiger partial charge in [0.05, 0.1) is 33.7 Å². The van der Waals surface area contributed by atoms with Crippen LogP contribution < -0.4 is 19.5 Å². The van der Waals surface area contributed by atoms with Crippen LogP contribution in [0.5, 0.6) is 17.2 Å². The van der Waals surface area contributed by atoms with Gasteiger partial charge >= 0.3 is 5.97 Å². The number of hydrogen-bond acceptors (Lipinski definition) is 7. The highest BCUT2D eigenvalue weighted by Crippen LogP contribution is 2.34. The molecule has 1 aromatic heterocycles. The van der Waals surface area contributed by atoms with Crippen LogP contribution in [-0.2, 0) is 6.42 Å². The topological polar surface area (TPSA) is 120 Å². The van der Waals surface area contributed by atoms with Crippen LogP contribution >= 0.6 is 0 Å². The SMILES string of the molecule is COc1cc(OC)c(CCNC(=O)c2cnc(C(=O)O)cn2)c(OC)c1. The summed E-state index contributed by atoms with van der Waals surface area (Å²) in [6.45, 7) is 0.292. The van der Waals surface area contributed by atoms with E-state index in [4.69, 9.17) is 19.3 Å². The highest BCUT2D eigenvalue weighted by atomic mass is 16.5. The van der Waals surface area contributed by atoms with E-state index in [0.717, 1.165) is 18.0 Å². The molecule has 2 N–H and O–H groups in total. The smallest absolute Gasteiger partial charge is 0.356 e. The van der Waals surface area contributed by atoms with Crippen LogP contribution in [0.15, 0.2) is 24.5 Å². The summed E-state index contributed by atoms with van der Waals surface area (Å²) >= 11 is 0. The number of nitrogens with zero attached hydrogens (tertiary/aromatic N) is 2. The summed E-state index contributed by atoms with van der Waals surface area (Å²) in [7, 11) is 4.62. The Morgan fingerprint density at radius 1 is 1.00 bits per heavy atom. The quantitative estimate of drug-likeness (QED) is 0.719. The molecule has 9 nitrogen and oxygen atoms in total. The first-order chi connectivity index (χ1) is 12.5. The standard InChI is InChI=1S/C17H19N3O6/c1-24-10-6-14(25-2)11(15(7-10)26-3)4-5-18-16(21)12-8-20-13(9-19-12)17(22)23/h6-9H,4-5H2,1-3H3,(H,18,21)(H,22,23). The Morgan fingerprint density at radius 3 is 2.04 bits per heavy atom. The lowest BCUT2D eigenvalue weighted by Gasteiger charge is -2.15. The van der Waals surface area contributed by atoms with E-state index in [-0.39, 0.29) is 11.4 Å². The molecule has 0 aliphatic carbocycles. The second-order valence-corrected chi connectivity index (χ2v) is 5.11. The number of amides is 1. The Bertz CT molecular complexity index is 767. The van der Waals surface area contributed by atoms with Crippen molar-refractivity contribution >= 4 is 11.9 Å². The van der Waals surface area contributed by atoms with E-state index in [0.29, 0.717) is 30.2 Å². The minimum atomic E-state index is -1.21. The van der Waals surface area contributed by atoms with Gasteiger partial charge in [-0.25, -0.2) is 14.8 Å². The number of aromatic carboxylic acids is 1. The van der Waals surface area contributed by atoms with Crippen LogP contribution in [-0.4, -0.2) is 54.8 Å². The first-order valence-electron chi connectivity index (χ1n) is 7.62. The summed E-state index contributed by atoms with van der Waals surface area (Å²) in [5.41, 5.74) is 0.585. The molecular weight excluding hydrogens is 342 g/mol. The lowest BCUT2D eigenvalue weighted by molar-refractivity contribution is 0.0689. The van der Waals surface area contributed by atoms with Crippen molar-refractivity contribution in [3.63, 3.8) is 0 Å². The Morgan fingerprint density at radius 2 is 1.58 bits per heavy atom. The molecule has 0 aliphatic heterocycles. The molecule has 0 saturated carbocycles. The summed E-state index contributed by atoms with van der Waals surface area (Å²) in [4.78, 5) is 30.3. The van der Waals surface area contributed by atoms with Crippen molar-refractivity contribution in [2.24, 2.45) is 0 Å². The van der Waals surface area contributed by atoms with Crippen LogP contribution in [0.4, 0.5) is 0 Å². The fraction of sp³-hybridized carbons (Fsp3) is 0.294. The van der Waals surface area contributed by atoms with E-state index in [2.05, 4.69) is 15.3 Å². The maximum Gasteiger partial charge on any atom is 0.356 e. The van der Waals surface area contributed by atoms with Gasteiger partial charge in [-0.2, -0.15) is 0 Å². The predicted octanol–water partition coefficient (Wildman–Crippen LogP) is 1.17. The number of carboxylic acid groups (broad SMARTS) is 1. The monoisotopic (exact) mass is 361 g/mol. The largest absolute Gasteiger partial charge is 0.496 e. The predicted molar refractivity (Wildman–Crippen MR) is 91.1 cm³/mol. The molecule has 0 radical (unpaired) electrons. The maximum absolute atomic E-state index is 12.1. The van der Waals surface area contributed by atoms with Crippen molar-refractivity contribution in [3.8, 4) is 17.2 Å². The third-order valence-corrected chi connectivity index (χ3v) is 3.58. The molecule has 0 saturated heterocycles. The first-order valence-corrected chi connectivity index (χ1v) is 7.62. The molecule has 138 valence electrons. The van der Waals surface area contributed by atoms with Gasteiger partial charge in [0.2, 0.25) is 0 Å². The van der Waals surface area contributed by atoms with E-state index in [9.17, 15) is 9.59 Å². The van der Waals surface area contributed by atoms with Gasteiger partial charge in [-0.3, -0.25) is 4.79 Å². The van der Waals surface area contributed by atoms with Gasteiger partial charge in [0.15, 0.2) is 5.69 Å². The normalized spacial score (nSPS) is 10.1. The number of hydrogen-bond donors (Lipinski definition) is 2. The maximum atomic E-state index is 12.1. The van der Waals surface area contributed by atoms with Crippen LogP contribution in [0.3, 0.4) is 0 Å². The molecule has 1 amide bonds. The molecule has 1 aromatic carbocycles. The fourth-order valence-electron chi connectivity index (χ4n) is 2.27. The van der Waals surface area contributed by atoms with E-state index in [1.807, 2.05) is 0 Å². The number of rotatable bonds is 8. The van der Waals surface area contributed by atoms with Gasteiger partial charge in [0, 0.05) is 24.2 Å². The zero-order valence-electron chi connectivity index (χ0n) is 14.6. The molecule has 0 bridgehead atoms. The Balaban J connectivity index is 2.04. The van der Waals surface area contributed by atoms with Gasteiger partial charge < -0.3 is 24.6 Å². The van der Waals surface area contributed by atoms with Crippen molar-refractivity contribution in [2.75, 3.05) is 27.9 Å². The second kappa shape index (κ2) is 8.65. The molecule has 0 aliphatic rings. The van der Waals surface area contributed by atoms with Gasteiger partial charge in [-0.15, -0.1) is 0 Å². The number of aromatic nitrogens is 2. The van der Waals surface area contributed by atoms with Crippen molar-refractivity contribution in [1.29, 1.82) is 0 Å². The minimum absolute atomic E-state index is 0.0312. The Labute approximate surface area is 149 Å². The Kier molecular flexibility index (Phi) is 6.31. The molecule has 0 atom stereocenters. The van der Waals surface area contributed by atoms with Crippen LogP contribution in [0.1, 0.15) is 26.5 Å². The van der Waals surface area contributed by atoms with E-state index < -0.39 is 11.9 Å². The van der Waals surface area contributed by atoms with Crippen molar-refractivity contribution < 1.29 is 28.9 Å². The molecule has 2 rings (SSSR count). The number of carbonyl (C=O) groups is 2. The zero-order chi connectivity index (χ0) is 19.1. The summed E-state index contributed by atoms with van der Waals surface area (Å²) in [6, 6.07) is 3.46. The van der Waals surface area contributed by atoms with E-state index in [1.54, 1.807) is 19.2 Å². The minimum Gasteiger partial charge on any atom is -0.496 e. The van der Waals surface area contributed by atoms with Gasteiger partial charge in [0.1, 0.15) is 22.9 Å². The number of methoxy groups -OCH3 is 3. The average molecular weight is 361 g/mol. The third kappa shape index (κ3) is 4.38. The molecule has 9 heteroatoms. The number of carboxylic acids is 1. The summed E-state index contributed by atoms with van der Waals surface area (Å²) in [5.74, 6) is 0.103. The number of carbonyl (C=O) groups excluding carboxylic acids is 1. The van der Waals surface area contributed by atoms with Crippen molar-refractivity contribution in [1.82, 2.24) is 15.3 Å². The van der Waals surface area contributed by atoms with Crippen molar-refractivity contribution in [2.45, 2.75) is 6.42 Å². The van der Waals surface area contributed by atoms with Gasteiger partial charge in [-0.1, -0.05) is 0 Å². The number of nitrogens with one attached hydrogen (secondary N) is 1. The molecule has 1 heterocycles. The summed E-state index contributed by atoms with van der Waals surface area (Å²) in [6.07, 6.45) is 2.60. The Hall–Kier alpha value is -3.36. The average Bonchev–Trinajstić information content (AvgIpc) is 2.67. The lowest BCUT2D eigenvalue weighted by atomic mass is 10.1. The van der Waals surface area contributed by atoms with Crippen LogP contribution in [0, 0.1) is 0 Å². The number of benzene rings is 1. The fourth-order valence-corrected chi connectivity index (χ4v) is 2.27. The molecule has 0 unspecified atom stereocenters. The first kappa shape index (κ1) is 19.0. The van der Waals surface area contributed by atoms with Crippen LogP contribution in [0.25, 0.3) is 0 Å². The van der Waals surface area contributed by atoms with E-state index in [1.165, 1.54) is 14.2 Å². The third-order valence-electron chi connectivity index (χ3n) is 3.58. The second-order valence-electron chi connectivity index (χ2n) is 5.11. The molecule has 0 spiro atoms. The van der Waals surface area contributed by atoms with Crippen molar-refractivity contribution in [3.05, 3.63) is 41.5 Å².